The van der Waals surface area contributed by atoms with Crippen LogP contribution >= 0.6 is 22.9 Å². The fraction of sp³-hybridized carbons (Fsp3) is 0.281. The van der Waals surface area contributed by atoms with Crippen molar-refractivity contribution in [2.45, 2.75) is 26.1 Å². The van der Waals surface area contributed by atoms with Crippen LogP contribution in [0.3, 0.4) is 0 Å². The minimum absolute atomic E-state index is 0.197. The smallest absolute Gasteiger partial charge is 0.321 e. The fourth-order valence-electron chi connectivity index (χ4n) is 5.06. The lowest BCUT2D eigenvalue weighted by atomic mass is 9.97. The molecule has 6 nitrogen and oxygen atoms in total. The predicted octanol–water partition coefficient (Wildman–Crippen LogP) is 7.30. The number of pyridine rings is 1. The minimum atomic E-state index is -4.55. The van der Waals surface area contributed by atoms with Gasteiger partial charge in [0.1, 0.15) is 0 Å². The Kier molecular flexibility index (Phi) is 9.61. The number of carbonyl (C=O) groups excluding carboxylic acids is 2. The fourth-order valence-corrected chi connectivity index (χ4v) is 5.93. The van der Waals surface area contributed by atoms with Crippen molar-refractivity contribution < 1.29 is 22.8 Å². The molecule has 0 spiro atoms. The number of nitrogens with one attached hydrogen (secondary N) is 1. The van der Waals surface area contributed by atoms with Gasteiger partial charge in [0.15, 0.2) is 5.78 Å². The second kappa shape index (κ2) is 13.4. The second-order valence-electron chi connectivity index (χ2n) is 10.4. The highest BCUT2D eigenvalue weighted by atomic mass is 35.5. The van der Waals surface area contributed by atoms with Gasteiger partial charge in [-0.2, -0.15) is 13.2 Å². The molecular weight excluding hydrogens is 597 g/mol. The van der Waals surface area contributed by atoms with Crippen molar-refractivity contribution in [1.82, 2.24) is 14.8 Å². The first-order chi connectivity index (χ1) is 20.6. The van der Waals surface area contributed by atoms with Crippen LogP contribution in [0.2, 0.25) is 5.02 Å². The van der Waals surface area contributed by atoms with E-state index < -0.39 is 23.4 Å². The van der Waals surface area contributed by atoms with Crippen molar-refractivity contribution in [3.8, 4) is 10.4 Å². The summed E-state index contributed by atoms with van der Waals surface area (Å²) in [6.07, 6.45) is -1.69. The zero-order valence-corrected chi connectivity index (χ0v) is 25.0. The van der Waals surface area contributed by atoms with E-state index in [9.17, 15) is 22.8 Å². The van der Waals surface area contributed by atoms with Crippen LogP contribution in [0.4, 0.5) is 18.9 Å². The van der Waals surface area contributed by atoms with E-state index in [-0.39, 0.29) is 40.4 Å². The van der Waals surface area contributed by atoms with E-state index >= 15 is 0 Å². The number of Topliss-reactive ketones (excluding diaryl/α,β-unsaturated/α-hetero) is 1. The standard InChI is InChI=1S/C32H30ClF3N4O2S/c1-2-39-9-11-40(12-10-39)20-23-6-5-21(14-26(23)32(34,35)36)15-29(41)22-7-8-27(33)28(17-22)38-31(42)25-16-24(18-37-19-25)30-4-3-13-43-30/h3-8,13-14,16-19H,2,9-12,15,20H2,1H3,(H,38,42). The van der Waals surface area contributed by atoms with Gasteiger partial charge in [0, 0.05) is 67.5 Å². The van der Waals surface area contributed by atoms with E-state index in [2.05, 4.69) is 22.1 Å². The summed E-state index contributed by atoms with van der Waals surface area (Å²) in [6, 6.07) is 14.1. The van der Waals surface area contributed by atoms with Gasteiger partial charge in [-0.3, -0.25) is 19.5 Å². The van der Waals surface area contributed by atoms with Crippen molar-refractivity contribution in [2.75, 3.05) is 38.0 Å². The first kappa shape index (κ1) is 30.9. The van der Waals surface area contributed by atoms with Crippen molar-refractivity contribution >= 4 is 40.3 Å². The van der Waals surface area contributed by atoms with Gasteiger partial charge in [-0.1, -0.05) is 36.7 Å². The molecule has 1 N–H and O–H groups in total. The Labute approximate surface area is 257 Å². The molecule has 1 saturated heterocycles. The molecule has 5 rings (SSSR count). The number of alkyl halides is 3. The number of amides is 1. The van der Waals surface area contributed by atoms with Crippen molar-refractivity contribution in [3.63, 3.8) is 0 Å². The van der Waals surface area contributed by atoms with Crippen LogP contribution in [0, 0.1) is 0 Å². The summed E-state index contributed by atoms with van der Waals surface area (Å²) in [5.74, 6) is -0.857. The van der Waals surface area contributed by atoms with E-state index in [1.807, 2.05) is 22.4 Å². The number of aromatic nitrogens is 1. The number of anilines is 1. The highest BCUT2D eigenvalue weighted by Gasteiger charge is 2.34. The number of likely N-dealkylation sites (N-methyl/N-ethyl adjacent to an activating group) is 1. The topological polar surface area (TPSA) is 65.5 Å². The molecule has 224 valence electrons. The number of benzene rings is 2. The molecule has 1 aliphatic heterocycles. The van der Waals surface area contributed by atoms with Crippen LogP contribution in [-0.2, 0) is 19.1 Å². The average Bonchev–Trinajstić information content (AvgIpc) is 3.54. The van der Waals surface area contributed by atoms with Gasteiger partial charge in [0.05, 0.1) is 21.8 Å². The van der Waals surface area contributed by atoms with E-state index in [0.29, 0.717) is 18.7 Å². The number of piperazine rings is 1. The summed E-state index contributed by atoms with van der Waals surface area (Å²) in [5, 5.41) is 4.87. The summed E-state index contributed by atoms with van der Waals surface area (Å²) < 4.78 is 42.2. The van der Waals surface area contributed by atoms with Crippen LogP contribution in [0.5, 0.6) is 0 Å². The van der Waals surface area contributed by atoms with Gasteiger partial charge in [0.2, 0.25) is 0 Å². The number of hydrogen-bond donors (Lipinski definition) is 1. The maximum absolute atomic E-state index is 14.1. The molecule has 43 heavy (non-hydrogen) atoms. The molecule has 1 fully saturated rings. The molecule has 1 amide bonds. The van der Waals surface area contributed by atoms with Gasteiger partial charge >= 0.3 is 6.18 Å². The Morgan fingerprint density at radius 3 is 2.44 bits per heavy atom. The Morgan fingerprint density at radius 2 is 1.74 bits per heavy atom. The molecule has 0 aliphatic carbocycles. The van der Waals surface area contributed by atoms with E-state index in [1.54, 1.807) is 18.3 Å². The molecule has 0 unspecified atom stereocenters. The molecule has 2 aromatic heterocycles. The summed E-state index contributed by atoms with van der Waals surface area (Å²) in [5.41, 5.74) is 1.27. The minimum Gasteiger partial charge on any atom is -0.321 e. The van der Waals surface area contributed by atoms with Crippen molar-refractivity contribution in [2.24, 2.45) is 0 Å². The summed E-state index contributed by atoms with van der Waals surface area (Å²) in [6.45, 7) is 6.26. The van der Waals surface area contributed by atoms with Crippen LogP contribution in [0.15, 0.2) is 72.4 Å². The van der Waals surface area contributed by atoms with Gasteiger partial charge in [0.25, 0.3) is 5.91 Å². The number of rotatable bonds is 9. The molecule has 0 bridgehead atoms. The SMILES string of the molecule is CCN1CCN(Cc2ccc(CC(=O)c3ccc(Cl)c(NC(=O)c4cncc(-c5cccs5)c4)c3)cc2C(F)(F)F)CC1. The van der Waals surface area contributed by atoms with E-state index in [1.165, 1.54) is 41.8 Å². The molecule has 0 atom stereocenters. The van der Waals surface area contributed by atoms with Gasteiger partial charge in [-0.15, -0.1) is 11.3 Å². The number of halogens is 4. The van der Waals surface area contributed by atoms with Crippen LogP contribution in [0.25, 0.3) is 10.4 Å². The average molecular weight is 627 g/mol. The highest BCUT2D eigenvalue weighted by Crippen LogP contribution is 2.34. The summed E-state index contributed by atoms with van der Waals surface area (Å²) >= 11 is 7.84. The molecule has 2 aromatic carbocycles. The van der Waals surface area contributed by atoms with Gasteiger partial charge in [-0.05, 0) is 59.4 Å². The Morgan fingerprint density at radius 1 is 0.977 bits per heavy atom. The largest absolute Gasteiger partial charge is 0.416 e. The van der Waals surface area contributed by atoms with E-state index in [0.717, 1.165) is 36.1 Å². The lowest BCUT2D eigenvalue weighted by Crippen LogP contribution is -2.45. The number of carbonyl (C=O) groups is 2. The molecule has 0 radical (unpaired) electrons. The third-order valence-corrected chi connectivity index (χ3v) is 8.74. The summed E-state index contributed by atoms with van der Waals surface area (Å²) in [7, 11) is 0. The lowest BCUT2D eigenvalue weighted by molar-refractivity contribution is -0.138. The van der Waals surface area contributed by atoms with Crippen LogP contribution in [0.1, 0.15) is 44.3 Å². The number of hydrogen-bond acceptors (Lipinski definition) is 6. The van der Waals surface area contributed by atoms with Crippen molar-refractivity contribution in [1.29, 1.82) is 0 Å². The second-order valence-corrected chi connectivity index (χ2v) is 11.7. The highest BCUT2D eigenvalue weighted by molar-refractivity contribution is 7.13. The maximum atomic E-state index is 14.1. The Balaban J connectivity index is 1.29. The normalized spacial score (nSPS) is 14.5. The molecule has 0 saturated carbocycles. The predicted molar refractivity (Wildman–Crippen MR) is 164 cm³/mol. The Hall–Kier alpha value is -3.57. The van der Waals surface area contributed by atoms with Gasteiger partial charge < -0.3 is 10.2 Å². The van der Waals surface area contributed by atoms with Crippen LogP contribution < -0.4 is 5.32 Å². The third-order valence-electron chi connectivity index (χ3n) is 7.49. The quantitative estimate of drug-likeness (QED) is 0.198. The van der Waals surface area contributed by atoms with E-state index in [4.69, 9.17) is 11.6 Å². The summed E-state index contributed by atoms with van der Waals surface area (Å²) in [4.78, 5) is 35.6. The third kappa shape index (κ3) is 7.69. The Bertz CT molecular complexity index is 1600. The molecule has 11 heteroatoms. The zero-order valence-electron chi connectivity index (χ0n) is 23.5. The number of nitrogens with zero attached hydrogens (tertiary/aromatic N) is 3. The van der Waals surface area contributed by atoms with Crippen LogP contribution in [-0.4, -0.2) is 59.2 Å². The maximum Gasteiger partial charge on any atom is 0.416 e. The van der Waals surface area contributed by atoms with Gasteiger partial charge in [-0.25, -0.2) is 0 Å². The zero-order chi connectivity index (χ0) is 30.6. The molecule has 1 aliphatic rings. The van der Waals surface area contributed by atoms with Crippen molar-refractivity contribution in [3.05, 3.63) is 105 Å². The molecule has 3 heterocycles. The number of thiophene rings is 1. The molecule has 4 aromatic rings. The lowest BCUT2D eigenvalue weighted by Gasteiger charge is -2.34. The monoisotopic (exact) mass is 626 g/mol. The first-order valence-corrected chi connectivity index (χ1v) is 15.1. The first-order valence-electron chi connectivity index (χ1n) is 13.9. The molecular formula is C32H30ClF3N4O2S. The number of ketones is 1.